The number of nitrogens with zero attached hydrogens (tertiary/aromatic N) is 3. The Hall–Kier alpha value is -3.49. The summed E-state index contributed by atoms with van der Waals surface area (Å²) in [7, 11) is 0. The van der Waals surface area contributed by atoms with Crippen molar-refractivity contribution in [2.75, 3.05) is 4.90 Å². The van der Waals surface area contributed by atoms with Crippen LogP contribution in [0.4, 0.5) is 15.2 Å². The molecule has 0 amide bonds. The Morgan fingerprint density at radius 2 is 1.77 bits per heavy atom. The van der Waals surface area contributed by atoms with Crippen LogP contribution in [-0.2, 0) is 6.54 Å². The van der Waals surface area contributed by atoms with Gasteiger partial charge in [0.1, 0.15) is 0 Å². The normalized spacial score (nSPS) is 11.9. The standard InChI is InChI=1S/C26H24FN3S/c1-19(7-5-4-6-16-27)24-12-8-23(9-13-24)18-30(26-29-20(2)21(3)31-26)25-14-10-22(17-28)11-15-25/h4-16H,18H2,1-3H3/b5-4-,16-6+,19-7+. The van der Waals surface area contributed by atoms with Crippen molar-refractivity contribution in [2.24, 2.45) is 0 Å². The zero-order valence-electron chi connectivity index (χ0n) is 17.8. The van der Waals surface area contributed by atoms with Crippen LogP contribution in [0.25, 0.3) is 5.57 Å². The topological polar surface area (TPSA) is 39.9 Å². The van der Waals surface area contributed by atoms with E-state index in [9.17, 15) is 4.39 Å². The summed E-state index contributed by atoms with van der Waals surface area (Å²) in [6, 6.07) is 18.2. The molecule has 1 heterocycles. The number of anilines is 2. The molecule has 3 aromatic rings. The van der Waals surface area contributed by atoms with Gasteiger partial charge in [-0.2, -0.15) is 5.26 Å². The second-order valence-electron chi connectivity index (χ2n) is 7.13. The molecule has 3 rings (SSSR count). The lowest BCUT2D eigenvalue weighted by atomic mass is 10.0. The molecule has 0 aliphatic carbocycles. The van der Waals surface area contributed by atoms with Crippen molar-refractivity contribution in [2.45, 2.75) is 27.3 Å². The van der Waals surface area contributed by atoms with E-state index in [0.717, 1.165) is 33.2 Å². The Balaban J connectivity index is 1.86. The molecule has 0 spiro atoms. The number of halogens is 1. The molecule has 0 bridgehead atoms. The van der Waals surface area contributed by atoms with Crippen LogP contribution in [0.3, 0.4) is 0 Å². The molecule has 3 nitrogen and oxygen atoms in total. The molecule has 2 aromatic carbocycles. The summed E-state index contributed by atoms with van der Waals surface area (Å²) in [6.07, 6.45) is 7.30. The molecule has 0 radical (unpaired) electrons. The first-order valence-electron chi connectivity index (χ1n) is 9.93. The van der Waals surface area contributed by atoms with Gasteiger partial charge >= 0.3 is 0 Å². The van der Waals surface area contributed by atoms with Gasteiger partial charge in [0.05, 0.1) is 30.2 Å². The number of nitriles is 1. The summed E-state index contributed by atoms with van der Waals surface area (Å²) in [6.45, 7) is 6.80. The van der Waals surface area contributed by atoms with Crippen molar-refractivity contribution in [1.29, 1.82) is 5.26 Å². The summed E-state index contributed by atoms with van der Waals surface area (Å²) >= 11 is 1.67. The Labute approximate surface area is 187 Å². The van der Waals surface area contributed by atoms with E-state index in [-0.39, 0.29) is 0 Å². The minimum Gasteiger partial charge on any atom is -0.313 e. The van der Waals surface area contributed by atoms with Gasteiger partial charge in [-0.1, -0.05) is 42.5 Å². The highest BCUT2D eigenvalue weighted by Gasteiger charge is 2.15. The van der Waals surface area contributed by atoms with Gasteiger partial charge in [0.25, 0.3) is 0 Å². The predicted octanol–water partition coefficient (Wildman–Crippen LogP) is 7.41. The molecule has 0 aliphatic rings. The highest BCUT2D eigenvalue weighted by atomic mass is 32.1. The average Bonchev–Trinajstić information content (AvgIpc) is 3.13. The molecular weight excluding hydrogens is 405 g/mol. The van der Waals surface area contributed by atoms with Crippen LogP contribution in [-0.4, -0.2) is 4.98 Å². The van der Waals surface area contributed by atoms with Crippen molar-refractivity contribution in [1.82, 2.24) is 4.98 Å². The van der Waals surface area contributed by atoms with Crippen LogP contribution in [0.1, 0.15) is 34.2 Å². The fourth-order valence-electron chi connectivity index (χ4n) is 3.01. The number of aromatic nitrogens is 1. The fourth-order valence-corrected chi connectivity index (χ4v) is 3.94. The van der Waals surface area contributed by atoms with Gasteiger partial charge in [-0.25, -0.2) is 9.37 Å². The molecule has 31 heavy (non-hydrogen) atoms. The third-order valence-corrected chi connectivity index (χ3v) is 6.04. The molecule has 0 fully saturated rings. The van der Waals surface area contributed by atoms with E-state index in [4.69, 9.17) is 10.2 Å². The maximum absolute atomic E-state index is 12.0. The average molecular weight is 430 g/mol. The number of thiazole rings is 1. The third kappa shape index (κ3) is 5.78. The summed E-state index contributed by atoms with van der Waals surface area (Å²) in [4.78, 5) is 8.12. The number of allylic oxidation sites excluding steroid dienone is 5. The lowest BCUT2D eigenvalue weighted by Crippen LogP contribution is -2.16. The van der Waals surface area contributed by atoms with E-state index in [0.29, 0.717) is 18.4 Å². The molecule has 0 atom stereocenters. The van der Waals surface area contributed by atoms with Crippen LogP contribution in [0.2, 0.25) is 0 Å². The zero-order chi connectivity index (χ0) is 22.2. The smallest absolute Gasteiger partial charge is 0.190 e. The zero-order valence-corrected chi connectivity index (χ0v) is 18.7. The van der Waals surface area contributed by atoms with Crippen molar-refractivity contribution in [3.05, 3.63) is 106 Å². The van der Waals surface area contributed by atoms with Gasteiger partial charge in [-0.3, -0.25) is 0 Å². The molecule has 1 aromatic heterocycles. The first-order chi connectivity index (χ1) is 15.0. The Morgan fingerprint density at radius 3 is 2.35 bits per heavy atom. The molecule has 5 heteroatoms. The van der Waals surface area contributed by atoms with E-state index < -0.39 is 0 Å². The monoisotopic (exact) mass is 429 g/mol. The molecule has 156 valence electrons. The number of rotatable bonds is 7. The van der Waals surface area contributed by atoms with Crippen LogP contribution < -0.4 is 4.90 Å². The van der Waals surface area contributed by atoms with Gasteiger partial charge in [0.2, 0.25) is 0 Å². The lowest BCUT2D eigenvalue weighted by molar-refractivity contribution is 0.721. The van der Waals surface area contributed by atoms with E-state index in [2.05, 4.69) is 42.2 Å². The van der Waals surface area contributed by atoms with Crippen molar-refractivity contribution >= 4 is 27.7 Å². The number of hydrogen-bond acceptors (Lipinski definition) is 4. The second-order valence-corrected chi connectivity index (χ2v) is 8.31. The maximum atomic E-state index is 12.0. The highest BCUT2D eigenvalue weighted by molar-refractivity contribution is 7.15. The van der Waals surface area contributed by atoms with Crippen LogP contribution in [0, 0.1) is 25.2 Å². The molecule has 0 unspecified atom stereocenters. The Morgan fingerprint density at radius 1 is 1.06 bits per heavy atom. The summed E-state index contributed by atoms with van der Waals surface area (Å²) in [5, 5.41) is 10.0. The van der Waals surface area contributed by atoms with E-state index in [1.54, 1.807) is 17.4 Å². The minimum absolute atomic E-state index is 0.513. The number of hydrogen-bond donors (Lipinski definition) is 0. The van der Waals surface area contributed by atoms with Crippen molar-refractivity contribution in [3.8, 4) is 6.07 Å². The molecule has 0 N–H and O–H groups in total. The predicted molar refractivity (Wildman–Crippen MR) is 128 cm³/mol. The van der Waals surface area contributed by atoms with Gasteiger partial charge in [0.15, 0.2) is 5.13 Å². The molecular formula is C26H24FN3S. The first-order valence-corrected chi connectivity index (χ1v) is 10.7. The van der Waals surface area contributed by atoms with Gasteiger partial charge in [-0.05, 0) is 67.8 Å². The van der Waals surface area contributed by atoms with Crippen LogP contribution in [0.15, 0.2) is 79.2 Å². The van der Waals surface area contributed by atoms with Crippen molar-refractivity contribution < 1.29 is 4.39 Å². The third-order valence-electron chi connectivity index (χ3n) is 4.95. The van der Waals surface area contributed by atoms with Gasteiger partial charge in [0, 0.05) is 10.6 Å². The SMILES string of the molecule is C\C(=C/C=C\C=C\F)c1ccc(CN(c2ccc(C#N)cc2)c2nc(C)c(C)s2)cc1. The Kier molecular flexibility index (Phi) is 7.53. The highest BCUT2D eigenvalue weighted by Crippen LogP contribution is 2.33. The first kappa shape index (κ1) is 22.2. The molecule has 0 aliphatic heterocycles. The number of benzene rings is 2. The molecule has 0 saturated carbocycles. The van der Waals surface area contributed by atoms with E-state index >= 15 is 0 Å². The van der Waals surface area contributed by atoms with Crippen molar-refractivity contribution in [3.63, 3.8) is 0 Å². The van der Waals surface area contributed by atoms with Crippen LogP contribution in [0.5, 0.6) is 0 Å². The van der Waals surface area contributed by atoms with Gasteiger partial charge in [-0.15, -0.1) is 11.3 Å². The number of aryl methyl sites for hydroxylation is 2. The summed E-state index contributed by atoms with van der Waals surface area (Å²) in [5.74, 6) is 0. The fraction of sp³-hybridized carbons (Fsp3) is 0.154. The van der Waals surface area contributed by atoms with E-state index in [1.165, 1.54) is 11.0 Å². The van der Waals surface area contributed by atoms with E-state index in [1.807, 2.05) is 50.3 Å². The maximum Gasteiger partial charge on any atom is 0.190 e. The summed E-state index contributed by atoms with van der Waals surface area (Å²) < 4.78 is 12.0. The molecule has 0 saturated heterocycles. The second kappa shape index (κ2) is 10.5. The largest absolute Gasteiger partial charge is 0.313 e. The summed E-state index contributed by atoms with van der Waals surface area (Å²) in [5.41, 5.74) is 6.04. The Bertz CT molecular complexity index is 1130. The van der Waals surface area contributed by atoms with Crippen LogP contribution >= 0.6 is 11.3 Å². The van der Waals surface area contributed by atoms with Gasteiger partial charge < -0.3 is 4.90 Å². The lowest BCUT2D eigenvalue weighted by Gasteiger charge is -2.22. The minimum atomic E-state index is 0.513. The quantitative estimate of drug-likeness (QED) is 0.367.